The summed E-state index contributed by atoms with van der Waals surface area (Å²) in [6, 6.07) is 12.8. The smallest absolute Gasteiger partial charge is 0.276 e. The number of carbonyl (C=O) groups is 1. The van der Waals surface area contributed by atoms with Crippen molar-refractivity contribution in [3.8, 4) is 5.69 Å². The van der Waals surface area contributed by atoms with Crippen LogP contribution >= 0.6 is 34.7 Å². The van der Waals surface area contributed by atoms with Crippen molar-refractivity contribution in [3.63, 3.8) is 0 Å². The summed E-state index contributed by atoms with van der Waals surface area (Å²) in [5.41, 5.74) is 2.18. The van der Waals surface area contributed by atoms with Crippen molar-refractivity contribution in [2.24, 2.45) is 0 Å². The van der Waals surface area contributed by atoms with E-state index in [1.54, 1.807) is 37.3 Å². The fourth-order valence-corrected chi connectivity index (χ4v) is 4.59. The van der Waals surface area contributed by atoms with Crippen LogP contribution in [0, 0.1) is 12.7 Å². The van der Waals surface area contributed by atoms with Gasteiger partial charge < -0.3 is 5.32 Å². The molecule has 1 N–H and O–H groups in total. The predicted molar refractivity (Wildman–Crippen MR) is 121 cm³/mol. The van der Waals surface area contributed by atoms with E-state index in [1.165, 1.54) is 34.1 Å². The van der Waals surface area contributed by atoms with E-state index in [9.17, 15) is 14.0 Å². The van der Waals surface area contributed by atoms with Gasteiger partial charge in [-0.1, -0.05) is 23.4 Å². The van der Waals surface area contributed by atoms with Gasteiger partial charge in [0.05, 0.1) is 17.0 Å². The molecule has 0 radical (unpaired) electrons. The molecule has 0 aliphatic rings. The Morgan fingerprint density at radius 3 is 2.73 bits per heavy atom. The molecule has 0 aliphatic heterocycles. The summed E-state index contributed by atoms with van der Waals surface area (Å²) in [7, 11) is 0. The van der Waals surface area contributed by atoms with E-state index in [4.69, 9.17) is 11.6 Å². The largest absolute Gasteiger partial charge is 0.325 e. The van der Waals surface area contributed by atoms with Crippen LogP contribution in [0.3, 0.4) is 0 Å². The van der Waals surface area contributed by atoms with E-state index in [0.29, 0.717) is 37.3 Å². The zero-order valence-corrected chi connectivity index (χ0v) is 18.1. The van der Waals surface area contributed by atoms with Crippen LogP contribution in [0.25, 0.3) is 15.9 Å². The molecule has 30 heavy (non-hydrogen) atoms. The molecule has 2 aromatic heterocycles. The molecule has 0 fully saturated rings. The standard InChI is InChI=1S/C21H15ClFN3O2S2/c1-12-10-14(23)4-7-16(12)24-18(27)11-30-21-25-17-8-9-29-19(17)20(28)26(21)15-5-2-13(22)3-6-15/h2-10H,11H2,1H3,(H,24,27). The van der Waals surface area contributed by atoms with Crippen molar-refractivity contribution in [3.05, 3.63) is 80.7 Å². The number of aryl methyl sites for hydroxylation is 1. The number of fused-ring (bicyclic) bond motifs is 1. The van der Waals surface area contributed by atoms with E-state index in [2.05, 4.69) is 10.3 Å². The molecule has 0 aliphatic carbocycles. The number of benzene rings is 2. The third-order valence-electron chi connectivity index (χ3n) is 4.33. The highest BCUT2D eigenvalue weighted by atomic mass is 35.5. The van der Waals surface area contributed by atoms with Crippen LogP contribution in [0.2, 0.25) is 5.02 Å². The first-order valence-electron chi connectivity index (χ1n) is 8.87. The Hall–Kier alpha value is -2.68. The monoisotopic (exact) mass is 459 g/mol. The molecule has 152 valence electrons. The number of hydrogen-bond donors (Lipinski definition) is 1. The minimum atomic E-state index is -0.361. The lowest BCUT2D eigenvalue weighted by atomic mass is 10.2. The summed E-state index contributed by atoms with van der Waals surface area (Å²) in [5.74, 6) is -0.607. The average molecular weight is 460 g/mol. The van der Waals surface area contributed by atoms with Crippen molar-refractivity contribution in [1.29, 1.82) is 0 Å². The van der Waals surface area contributed by atoms with Gasteiger partial charge in [0.2, 0.25) is 5.91 Å². The third kappa shape index (κ3) is 4.26. The first-order chi connectivity index (χ1) is 14.4. The van der Waals surface area contributed by atoms with Crippen molar-refractivity contribution in [1.82, 2.24) is 9.55 Å². The number of anilines is 1. The Balaban J connectivity index is 1.63. The van der Waals surface area contributed by atoms with Crippen LogP contribution in [-0.2, 0) is 4.79 Å². The molecule has 9 heteroatoms. The molecule has 4 rings (SSSR count). The van der Waals surface area contributed by atoms with Crippen molar-refractivity contribution in [2.75, 3.05) is 11.1 Å². The molecule has 4 aromatic rings. The summed E-state index contributed by atoms with van der Waals surface area (Å²) in [6.45, 7) is 1.72. The van der Waals surface area contributed by atoms with E-state index in [1.807, 2.05) is 5.38 Å². The number of thioether (sulfide) groups is 1. The highest BCUT2D eigenvalue weighted by molar-refractivity contribution is 7.99. The number of hydrogen-bond acceptors (Lipinski definition) is 5. The van der Waals surface area contributed by atoms with Gasteiger partial charge in [0.1, 0.15) is 10.5 Å². The van der Waals surface area contributed by atoms with Gasteiger partial charge in [-0.25, -0.2) is 9.37 Å². The van der Waals surface area contributed by atoms with Gasteiger partial charge in [0.15, 0.2) is 5.16 Å². The predicted octanol–water partition coefficient (Wildman–Crippen LogP) is 5.28. The Bertz CT molecular complexity index is 1300. The average Bonchev–Trinajstić information content (AvgIpc) is 3.19. The van der Waals surface area contributed by atoms with Gasteiger partial charge in [0, 0.05) is 10.7 Å². The minimum Gasteiger partial charge on any atom is -0.325 e. The Kier molecular flexibility index (Phi) is 5.90. The SMILES string of the molecule is Cc1cc(F)ccc1NC(=O)CSc1nc2ccsc2c(=O)n1-c1ccc(Cl)cc1. The second kappa shape index (κ2) is 8.59. The molecule has 0 unspecified atom stereocenters. The fourth-order valence-electron chi connectivity index (χ4n) is 2.89. The molecular weight excluding hydrogens is 445 g/mol. The van der Waals surface area contributed by atoms with Crippen molar-refractivity contribution in [2.45, 2.75) is 12.1 Å². The second-order valence-electron chi connectivity index (χ2n) is 6.44. The molecule has 2 aromatic carbocycles. The van der Waals surface area contributed by atoms with Gasteiger partial charge in [-0.2, -0.15) is 0 Å². The van der Waals surface area contributed by atoms with Gasteiger partial charge in [-0.05, 0) is 66.4 Å². The van der Waals surface area contributed by atoms with Crippen LogP contribution in [0.4, 0.5) is 10.1 Å². The molecular formula is C21H15ClFN3O2S2. The first kappa shape index (κ1) is 20.6. The van der Waals surface area contributed by atoms with Gasteiger partial charge in [-0.3, -0.25) is 14.2 Å². The third-order valence-corrected chi connectivity index (χ3v) is 6.41. The van der Waals surface area contributed by atoms with E-state index < -0.39 is 0 Å². The number of halogens is 2. The number of nitrogens with zero attached hydrogens (tertiary/aromatic N) is 2. The van der Waals surface area contributed by atoms with Gasteiger partial charge >= 0.3 is 0 Å². The normalized spacial score (nSPS) is 11.0. The number of aromatic nitrogens is 2. The topological polar surface area (TPSA) is 64.0 Å². The second-order valence-corrected chi connectivity index (χ2v) is 8.74. The van der Waals surface area contributed by atoms with Crippen molar-refractivity contribution < 1.29 is 9.18 Å². The molecule has 0 bridgehead atoms. The Labute approximate surface area is 184 Å². The van der Waals surface area contributed by atoms with Crippen LogP contribution in [0.5, 0.6) is 0 Å². The number of amides is 1. The van der Waals surface area contributed by atoms with E-state index >= 15 is 0 Å². The summed E-state index contributed by atoms with van der Waals surface area (Å²) in [5, 5.41) is 5.53. The summed E-state index contributed by atoms with van der Waals surface area (Å²) in [4.78, 5) is 30.1. The van der Waals surface area contributed by atoms with Crippen LogP contribution in [0.1, 0.15) is 5.56 Å². The van der Waals surface area contributed by atoms with Gasteiger partial charge in [-0.15, -0.1) is 11.3 Å². The number of thiophene rings is 1. The maximum Gasteiger partial charge on any atom is 0.276 e. The highest BCUT2D eigenvalue weighted by Crippen LogP contribution is 2.25. The highest BCUT2D eigenvalue weighted by Gasteiger charge is 2.16. The zero-order valence-electron chi connectivity index (χ0n) is 15.7. The van der Waals surface area contributed by atoms with Gasteiger partial charge in [0.25, 0.3) is 5.56 Å². The van der Waals surface area contributed by atoms with Crippen LogP contribution in [-0.4, -0.2) is 21.2 Å². The number of rotatable bonds is 5. The molecule has 0 saturated heterocycles. The number of nitrogens with one attached hydrogen (secondary N) is 1. The summed E-state index contributed by atoms with van der Waals surface area (Å²) >= 11 is 8.45. The molecule has 0 saturated carbocycles. The molecule has 0 atom stereocenters. The Morgan fingerprint density at radius 1 is 1.23 bits per heavy atom. The number of carbonyl (C=O) groups excluding carboxylic acids is 1. The maximum absolute atomic E-state index is 13.3. The quantitative estimate of drug-likeness (QED) is 0.326. The fraction of sp³-hybridized carbons (Fsp3) is 0.0952. The molecule has 1 amide bonds. The first-order valence-corrected chi connectivity index (χ1v) is 11.1. The summed E-state index contributed by atoms with van der Waals surface area (Å²) < 4.78 is 15.3. The summed E-state index contributed by atoms with van der Waals surface area (Å²) in [6.07, 6.45) is 0. The van der Waals surface area contributed by atoms with E-state index in [-0.39, 0.29) is 23.0 Å². The van der Waals surface area contributed by atoms with Crippen LogP contribution < -0.4 is 10.9 Å². The van der Waals surface area contributed by atoms with Crippen LogP contribution in [0.15, 0.2) is 63.9 Å². The lowest BCUT2D eigenvalue weighted by Crippen LogP contribution is -2.22. The minimum absolute atomic E-state index is 0.0342. The van der Waals surface area contributed by atoms with Crippen molar-refractivity contribution >= 4 is 56.5 Å². The molecule has 0 spiro atoms. The molecule has 2 heterocycles. The lowest BCUT2D eigenvalue weighted by molar-refractivity contribution is -0.113. The zero-order chi connectivity index (χ0) is 21.3. The Morgan fingerprint density at radius 2 is 2.00 bits per heavy atom. The maximum atomic E-state index is 13.3. The molecule has 5 nitrogen and oxygen atoms in total. The lowest BCUT2D eigenvalue weighted by Gasteiger charge is -2.12. The van der Waals surface area contributed by atoms with E-state index in [0.717, 1.165) is 11.8 Å².